The van der Waals surface area contributed by atoms with E-state index >= 15 is 0 Å². The third-order valence-electron chi connectivity index (χ3n) is 3.77. The molecule has 9 heteroatoms. The van der Waals surface area contributed by atoms with Gasteiger partial charge < -0.3 is 14.5 Å². The van der Waals surface area contributed by atoms with E-state index in [1.54, 1.807) is 50.2 Å². The molecule has 0 unspecified atom stereocenters. The Bertz CT molecular complexity index is 1200. The molecule has 150 valence electrons. The van der Waals surface area contributed by atoms with E-state index in [1.165, 1.54) is 12.3 Å². The zero-order valence-corrected chi connectivity index (χ0v) is 16.5. The Kier molecular flexibility index (Phi) is 6.13. The van der Waals surface area contributed by atoms with E-state index in [-0.39, 0.29) is 17.7 Å². The number of H-pyrrole nitrogens is 1. The fourth-order valence-corrected chi connectivity index (χ4v) is 2.77. The van der Waals surface area contributed by atoms with E-state index < -0.39 is 17.2 Å². The van der Waals surface area contributed by atoms with E-state index in [1.807, 2.05) is 0 Å². The number of hydrogen-bond acceptors (Lipinski definition) is 6. The normalized spacial score (nSPS) is 11.3. The predicted molar refractivity (Wildman–Crippen MR) is 110 cm³/mol. The number of nitrogens with zero attached hydrogens (tertiary/aromatic N) is 2. The third-order valence-corrected chi connectivity index (χ3v) is 4.07. The number of carbonyl (C=O) groups is 1. The summed E-state index contributed by atoms with van der Waals surface area (Å²) in [7, 11) is 0. The Morgan fingerprint density at radius 1 is 1.24 bits per heavy atom. The van der Waals surface area contributed by atoms with Crippen LogP contribution in [0, 0.1) is 0 Å². The largest absolute Gasteiger partial charge is 0.480 e. The second-order valence-electron chi connectivity index (χ2n) is 6.35. The second-order valence-corrected chi connectivity index (χ2v) is 6.76. The van der Waals surface area contributed by atoms with Gasteiger partial charge in [0.1, 0.15) is 5.75 Å². The van der Waals surface area contributed by atoms with Crippen LogP contribution in [0.2, 0.25) is 5.02 Å². The lowest BCUT2D eigenvalue weighted by Crippen LogP contribution is -2.32. The molecule has 0 saturated heterocycles. The summed E-state index contributed by atoms with van der Waals surface area (Å²) < 4.78 is 11.1. The van der Waals surface area contributed by atoms with E-state index in [2.05, 4.69) is 10.1 Å². The number of benzene rings is 2. The van der Waals surface area contributed by atoms with Crippen molar-refractivity contribution in [2.75, 3.05) is 6.61 Å². The molecule has 0 spiro atoms. The van der Waals surface area contributed by atoms with Crippen molar-refractivity contribution in [2.45, 2.75) is 20.0 Å². The van der Waals surface area contributed by atoms with Crippen LogP contribution in [0.3, 0.4) is 0 Å². The van der Waals surface area contributed by atoms with Gasteiger partial charge in [-0.25, -0.2) is 9.59 Å². The van der Waals surface area contributed by atoms with Crippen molar-refractivity contribution in [3.8, 4) is 5.75 Å². The lowest BCUT2D eigenvalue weighted by atomic mass is 10.2. The summed E-state index contributed by atoms with van der Waals surface area (Å²) in [5, 5.41) is 4.55. The van der Waals surface area contributed by atoms with Gasteiger partial charge in [0.05, 0.1) is 28.2 Å². The van der Waals surface area contributed by atoms with Crippen LogP contribution in [0.15, 0.2) is 57.2 Å². The molecule has 0 aliphatic heterocycles. The molecule has 0 saturated carbocycles. The van der Waals surface area contributed by atoms with Crippen LogP contribution in [0.4, 0.5) is 0 Å². The topological polar surface area (TPSA) is 103 Å². The average Bonchev–Trinajstić information content (AvgIpc) is 2.66. The molecular weight excluding hydrogens is 398 g/mol. The zero-order valence-electron chi connectivity index (χ0n) is 15.7. The summed E-state index contributed by atoms with van der Waals surface area (Å²) in [5.41, 5.74) is -0.212. The monoisotopic (exact) mass is 415 g/mol. The Labute approximate surface area is 170 Å². The molecule has 0 aliphatic carbocycles. The molecule has 29 heavy (non-hydrogen) atoms. The number of hydrogen-bond donors (Lipinski definition) is 1. The fourth-order valence-electron chi connectivity index (χ4n) is 2.53. The number of halogens is 1. The summed E-state index contributed by atoms with van der Waals surface area (Å²) >= 11 is 6.17. The number of aromatic amines is 1. The maximum Gasteiger partial charge on any atom is 0.349 e. The van der Waals surface area contributed by atoms with Crippen molar-refractivity contribution in [3.63, 3.8) is 0 Å². The number of nitrogens with one attached hydrogen (secondary N) is 1. The Balaban J connectivity index is 1.79. The first kappa shape index (κ1) is 20.3. The van der Waals surface area contributed by atoms with Crippen molar-refractivity contribution < 1.29 is 14.3 Å². The van der Waals surface area contributed by atoms with Crippen LogP contribution < -0.4 is 16.0 Å². The van der Waals surface area contributed by atoms with Crippen LogP contribution in [-0.2, 0) is 9.53 Å². The average molecular weight is 416 g/mol. The molecule has 0 bridgehead atoms. The minimum Gasteiger partial charge on any atom is -0.480 e. The van der Waals surface area contributed by atoms with Gasteiger partial charge in [0, 0.05) is 0 Å². The molecule has 3 rings (SSSR count). The first-order valence-corrected chi connectivity index (χ1v) is 9.13. The SMILES string of the molecule is CC(C)OC(=O)COc1ccc(C=Nn2c(=O)[nH]c3ccccc3c2=O)cc1Cl. The van der Waals surface area contributed by atoms with Gasteiger partial charge in [-0.2, -0.15) is 5.10 Å². The number of carbonyl (C=O) groups excluding carboxylic acids is 1. The number of fused-ring (bicyclic) bond motifs is 1. The highest BCUT2D eigenvalue weighted by Gasteiger charge is 2.09. The summed E-state index contributed by atoms with van der Waals surface area (Å²) in [6.45, 7) is 3.21. The molecule has 0 aliphatic rings. The van der Waals surface area contributed by atoms with Crippen molar-refractivity contribution in [2.24, 2.45) is 5.10 Å². The van der Waals surface area contributed by atoms with Crippen LogP contribution >= 0.6 is 11.6 Å². The minimum atomic E-state index is -0.653. The van der Waals surface area contributed by atoms with Gasteiger partial charge in [0.25, 0.3) is 5.56 Å². The minimum absolute atomic E-state index is 0.234. The Morgan fingerprint density at radius 3 is 2.72 bits per heavy atom. The van der Waals surface area contributed by atoms with Gasteiger partial charge in [-0.3, -0.25) is 4.79 Å². The van der Waals surface area contributed by atoms with E-state index in [9.17, 15) is 14.4 Å². The third kappa shape index (κ3) is 4.91. The molecule has 1 N–H and O–H groups in total. The quantitative estimate of drug-likeness (QED) is 0.492. The number of esters is 1. The lowest BCUT2D eigenvalue weighted by Gasteiger charge is -2.10. The lowest BCUT2D eigenvalue weighted by molar-refractivity contribution is -0.149. The molecule has 3 aromatic rings. The molecule has 2 aromatic carbocycles. The van der Waals surface area contributed by atoms with Crippen LogP contribution in [0.1, 0.15) is 19.4 Å². The smallest absolute Gasteiger partial charge is 0.349 e. The Hall–Kier alpha value is -3.39. The zero-order chi connectivity index (χ0) is 21.0. The van der Waals surface area contributed by atoms with E-state index in [0.717, 1.165) is 4.68 Å². The summed E-state index contributed by atoms with van der Waals surface area (Å²) in [4.78, 5) is 38.7. The summed E-state index contributed by atoms with van der Waals surface area (Å²) in [5.74, 6) is -0.207. The number of ether oxygens (including phenoxy) is 2. The molecule has 1 heterocycles. The highest BCUT2D eigenvalue weighted by Crippen LogP contribution is 2.25. The molecule has 0 fully saturated rings. The molecule has 0 atom stereocenters. The highest BCUT2D eigenvalue weighted by atomic mass is 35.5. The summed E-state index contributed by atoms with van der Waals surface area (Å²) in [6, 6.07) is 11.4. The van der Waals surface area contributed by atoms with Gasteiger partial charge in [-0.05, 0) is 49.7 Å². The highest BCUT2D eigenvalue weighted by molar-refractivity contribution is 6.32. The molecular formula is C20H18ClN3O5. The molecule has 0 radical (unpaired) electrons. The maximum atomic E-state index is 12.5. The second kappa shape index (κ2) is 8.74. The van der Waals surface area contributed by atoms with E-state index in [4.69, 9.17) is 21.1 Å². The molecule has 0 amide bonds. The van der Waals surface area contributed by atoms with Gasteiger partial charge in [0.15, 0.2) is 6.61 Å². The van der Waals surface area contributed by atoms with E-state index in [0.29, 0.717) is 22.2 Å². The number of para-hydroxylation sites is 1. The number of rotatable bonds is 6. The van der Waals surface area contributed by atoms with Crippen LogP contribution in [0.5, 0.6) is 5.75 Å². The first-order valence-electron chi connectivity index (χ1n) is 8.75. The molecule has 1 aromatic heterocycles. The van der Waals surface area contributed by atoms with Crippen molar-refractivity contribution in [1.29, 1.82) is 0 Å². The Morgan fingerprint density at radius 2 is 2.00 bits per heavy atom. The van der Waals surface area contributed by atoms with Crippen LogP contribution in [-0.4, -0.2) is 34.6 Å². The standard InChI is InChI=1S/C20H18ClN3O5/c1-12(2)29-18(25)11-28-17-8-7-13(9-15(17)21)10-22-24-19(26)14-5-3-4-6-16(14)23-20(24)27/h3-10,12H,11H2,1-2H3,(H,23,27). The maximum absolute atomic E-state index is 12.5. The van der Waals surface area contributed by atoms with Gasteiger partial charge >= 0.3 is 11.7 Å². The predicted octanol–water partition coefficient (Wildman–Crippen LogP) is 2.56. The van der Waals surface area contributed by atoms with Gasteiger partial charge in [0.2, 0.25) is 0 Å². The molecule has 8 nitrogen and oxygen atoms in total. The van der Waals surface area contributed by atoms with Crippen molar-refractivity contribution >= 4 is 34.7 Å². The number of aromatic nitrogens is 2. The summed E-state index contributed by atoms with van der Waals surface area (Å²) in [6.07, 6.45) is 1.09. The van der Waals surface area contributed by atoms with Crippen molar-refractivity contribution in [3.05, 3.63) is 73.9 Å². The van der Waals surface area contributed by atoms with Gasteiger partial charge in [-0.15, -0.1) is 4.68 Å². The fraction of sp³-hybridized carbons (Fsp3) is 0.200. The van der Waals surface area contributed by atoms with Gasteiger partial charge in [-0.1, -0.05) is 23.7 Å². The van der Waals surface area contributed by atoms with Crippen LogP contribution in [0.25, 0.3) is 10.9 Å². The first-order chi connectivity index (χ1) is 13.8. The van der Waals surface area contributed by atoms with Crippen molar-refractivity contribution in [1.82, 2.24) is 9.66 Å².